The zero-order chi connectivity index (χ0) is 17.8. The van der Waals surface area contributed by atoms with Crippen LogP contribution in [0.2, 0.25) is 0 Å². The Kier molecular flexibility index (Phi) is 5.76. The highest BCUT2D eigenvalue weighted by molar-refractivity contribution is 9.13. The lowest BCUT2D eigenvalue weighted by molar-refractivity contribution is 0.112. The number of hydrogen-bond acceptors (Lipinski definition) is 3. The molecule has 0 saturated heterocycles. The fourth-order valence-electron chi connectivity index (χ4n) is 2.66. The van der Waals surface area contributed by atoms with Gasteiger partial charge in [-0.3, -0.25) is 4.79 Å². The van der Waals surface area contributed by atoms with Gasteiger partial charge in [-0.05, 0) is 61.2 Å². The lowest BCUT2D eigenvalue weighted by atomic mass is 10.1. The summed E-state index contributed by atoms with van der Waals surface area (Å²) in [6.45, 7) is 2.77. The molecule has 0 heterocycles. The molecule has 3 aromatic carbocycles. The van der Waals surface area contributed by atoms with Gasteiger partial charge in [0.25, 0.3) is 0 Å². The van der Waals surface area contributed by atoms with E-state index in [1.165, 1.54) is 5.39 Å². The smallest absolute Gasteiger partial charge is 0.177 e. The Morgan fingerprint density at radius 3 is 2.52 bits per heavy atom. The van der Waals surface area contributed by atoms with Crippen molar-refractivity contribution in [3.8, 4) is 11.5 Å². The van der Waals surface area contributed by atoms with Gasteiger partial charge in [-0.15, -0.1) is 0 Å². The Bertz CT molecular complexity index is 917. The van der Waals surface area contributed by atoms with Crippen molar-refractivity contribution in [1.82, 2.24) is 0 Å². The minimum absolute atomic E-state index is 0.396. The van der Waals surface area contributed by atoms with Crippen molar-refractivity contribution in [2.75, 3.05) is 6.61 Å². The first kappa shape index (κ1) is 18.0. The van der Waals surface area contributed by atoms with Crippen LogP contribution in [0.3, 0.4) is 0 Å². The molecule has 0 fully saturated rings. The van der Waals surface area contributed by atoms with Crippen molar-refractivity contribution in [2.24, 2.45) is 0 Å². The van der Waals surface area contributed by atoms with Crippen LogP contribution in [0, 0.1) is 0 Å². The van der Waals surface area contributed by atoms with Crippen molar-refractivity contribution >= 4 is 48.9 Å². The maximum Gasteiger partial charge on any atom is 0.177 e. The highest BCUT2D eigenvalue weighted by Crippen LogP contribution is 2.43. The molecular formula is C20H16Br2O3. The molecule has 0 N–H and O–H groups in total. The van der Waals surface area contributed by atoms with E-state index in [2.05, 4.69) is 50.1 Å². The van der Waals surface area contributed by atoms with Crippen LogP contribution in [-0.2, 0) is 6.61 Å². The molecule has 3 aromatic rings. The molecule has 0 amide bonds. The van der Waals surface area contributed by atoms with Crippen LogP contribution >= 0.6 is 31.9 Å². The van der Waals surface area contributed by atoms with Gasteiger partial charge in [0.05, 0.1) is 11.1 Å². The monoisotopic (exact) mass is 462 g/mol. The number of benzene rings is 3. The molecule has 0 aliphatic rings. The minimum Gasteiger partial charge on any atom is -0.490 e. The number of carbonyl (C=O) groups excluding carboxylic acids is 1. The zero-order valence-electron chi connectivity index (χ0n) is 13.6. The molecule has 0 bridgehead atoms. The lowest BCUT2D eigenvalue weighted by Crippen LogP contribution is -2.02. The first-order valence-electron chi connectivity index (χ1n) is 7.85. The number of aldehydes is 1. The summed E-state index contributed by atoms with van der Waals surface area (Å²) in [4.78, 5) is 11.2. The summed E-state index contributed by atoms with van der Waals surface area (Å²) in [5, 5.41) is 2.33. The third-order valence-corrected chi connectivity index (χ3v) is 5.98. The average Bonchev–Trinajstić information content (AvgIpc) is 2.64. The van der Waals surface area contributed by atoms with Crippen LogP contribution in [0.1, 0.15) is 22.8 Å². The van der Waals surface area contributed by atoms with Crippen molar-refractivity contribution < 1.29 is 14.3 Å². The normalized spacial score (nSPS) is 10.7. The van der Waals surface area contributed by atoms with E-state index < -0.39 is 0 Å². The van der Waals surface area contributed by atoms with Crippen LogP contribution in [0.15, 0.2) is 57.5 Å². The molecule has 0 saturated carbocycles. The predicted molar refractivity (Wildman–Crippen MR) is 107 cm³/mol. The van der Waals surface area contributed by atoms with E-state index >= 15 is 0 Å². The molecule has 0 unspecified atom stereocenters. The number of ether oxygens (including phenoxy) is 2. The van der Waals surface area contributed by atoms with Gasteiger partial charge in [0.2, 0.25) is 0 Å². The van der Waals surface area contributed by atoms with Crippen LogP contribution in [0.25, 0.3) is 10.8 Å². The van der Waals surface area contributed by atoms with Gasteiger partial charge in [-0.25, -0.2) is 0 Å². The van der Waals surface area contributed by atoms with Crippen molar-refractivity contribution in [3.05, 3.63) is 68.6 Å². The second-order valence-electron chi connectivity index (χ2n) is 5.40. The Morgan fingerprint density at radius 2 is 1.76 bits per heavy atom. The van der Waals surface area contributed by atoms with Gasteiger partial charge < -0.3 is 9.47 Å². The molecule has 3 nitrogen and oxygen atoms in total. The molecule has 25 heavy (non-hydrogen) atoms. The van der Waals surface area contributed by atoms with E-state index in [0.717, 1.165) is 17.2 Å². The van der Waals surface area contributed by atoms with Gasteiger partial charge in [0.1, 0.15) is 6.61 Å². The summed E-state index contributed by atoms with van der Waals surface area (Å²) in [5.41, 5.74) is 1.59. The van der Waals surface area contributed by atoms with Gasteiger partial charge in [0.15, 0.2) is 17.8 Å². The number of rotatable bonds is 6. The average molecular weight is 464 g/mol. The summed E-state index contributed by atoms with van der Waals surface area (Å²) in [5.74, 6) is 1.12. The number of hydrogen-bond donors (Lipinski definition) is 0. The number of carbonyl (C=O) groups is 1. The molecule has 0 aliphatic heterocycles. The standard InChI is InChI=1S/C20H16Br2O3/c1-2-24-17-10-15(11-23)18(21)19(22)20(17)25-12-14-8-5-7-13-6-3-4-9-16(13)14/h3-11H,2,12H2,1H3. The third kappa shape index (κ3) is 3.72. The Balaban J connectivity index is 1.97. The topological polar surface area (TPSA) is 35.5 Å². The molecule has 128 valence electrons. The lowest BCUT2D eigenvalue weighted by Gasteiger charge is -2.16. The summed E-state index contributed by atoms with van der Waals surface area (Å²) in [6.07, 6.45) is 0.784. The zero-order valence-corrected chi connectivity index (χ0v) is 16.8. The van der Waals surface area contributed by atoms with Crippen molar-refractivity contribution in [2.45, 2.75) is 13.5 Å². The van der Waals surface area contributed by atoms with Gasteiger partial charge in [-0.1, -0.05) is 42.5 Å². The molecule has 0 spiro atoms. The highest BCUT2D eigenvalue weighted by Gasteiger charge is 2.17. The molecule has 3 rings (SSSR count). The summed E-state index contributed by atoms with van der Waals surface area (Å²) < 4.78 is 13.1. The van der Waals surface area contributed by atoms with E-state index in [0.29, 0.717) is 39.2 Å². The third-order valence-electron chi connectivity index (χ3n) is 3.83. The molecule has 5 heteroatoms. The summed E-state index contributed by atoms with van der Waals surface area (Å²) >= 11 is 6.93. The minimum atomic E-state index is 0.396. The maximum atomic E-state index is 11.2. The van der Waals surface area contributed by atoms with Gasteiger partial charge >= 0.3 is 0 Å². The maximum absolute atomic E-state index is 11.2. The largest absolute Gasteiger partial charge is 0.490 e. The molecule has 0 aromatic heterocycles. The number of halogens is 2. The fraction of sp³-hybridized carbons (Fsp3) is 0.150. The van der Waals surface area contributed by atoms with E-state index in [4.69, 9.17) is 9.47 Å². The van der Waals surface area contributed by atoms with E-state index in [9.17, 15) is 4.79 Å². The van der Waals surface area contributed by atoms with E-state index in [-0.39, 0.29) is 0 Å². The van der Waals surface area contributed by atoms with Gasteiger partial charge in [-0.2, -0.15) is 0 Å². The summed E-state index contributed by atoms with van der Waals surface area (Å²) in [6, 6.07) is 16.0. The van der Waals surface area contributed by atoms with Crippen LogP contribution in [-0.4, -0.2) is 12.9 Å². The molecular weight excluding hydrogens is 448 g/mol. The van der Waals surface area contributed by atoms with Crippen LogP contribution in [0.4, 0.5) is 0 Å². The van der Waals surface area contributed by atoms with Crippen LogP contribution < -0.4 is 9.47 Å². The number of fused-ring (bicyclic) bond motifs is 1. The van der Waals surface area contributed by atoms with Gasteiger partial charge in [0, 0.05) is 10.0 Å². The SMILES string of the molecule is CCOc1cc(C=O)c(Br)c(Br)c1OCc1cccc2ccccc12. The second kappa shape index (κ2) is 8.02. The fourth-order valence-corrected chi connectivity index (χ4v) is 3.58. The molecule has 0 radical (unpaired) electrons. The Labute approximate surface area is 163 Å². The first-order chi connectivity index (χ1) is 12.2. The predicted octanol–water partition coefficient (Wildman–Crippen LogP) is 6.16. The highest BCUT2D eigenvalue weighted by atomic mass is 79.9. The molecule has 0 atom stereocenters. The van der Waals surface area contributed by atoms with Crippen molar-refractivity contribution in [3.63, 3.8) is 0 Å². The molecule has 0 aliphatic carbocycles. The summed E-state index contributed by atoms with van der Waals surface area (Å²) in [7, 11) is 0. The second-order valence-corrected chi connectivity index (χ2v) is 6.98. The Hall–Kier alpha value is -1.85. The Morgan fingerprint density at radius 1 is 1.00 bits per heavy atom. The van der Waals surface area contributed by atoms with Crippen molar-refractivity contribution in [1.29, 1.82) is 0 Å². The first-order valence-corrected chi connectivity index (χ1v) is 9.43. The van der Waals surface area contributed by atoms with Crippen LogP contribution in [0.5, 0.6) is 11.5 Å². The van der Waals surface area contributed by atoms with E-state index in [1.807, 2.05) is 31.2 Å². The van der Waals surface area contributed by atoms with E-state index in [1.54, 1.807) is 6.07 Å². The quantitative estimate of drug-likeness (QED) is 0.411.